The van der Waals surface area contributed by atoms with Gasteiger partial charge in [-0.3, -0.25) is 4.18 Å². The summed E-state index contributed by atoms with van der Waals surface area (Å²) >= 11 is 0. The molecule has 2 saturated carbocycles. The second-order valence-corrected chi connectivity index (χ2v) is 9.14. The molecule has 0 spiro atoms. The third-order valence-electron chi connectivity index (χ3n) is 3.22. The zero-order valence-corrected chi connectivity index (χ0v) is 11.0. The van der Waals surface area contributed by atoms with E-state index in [9.17, 15) is 16.8 Å². The van der Waals surface area contributed by atoms with E-state index in [0.29, 0.717) is 12.8 Å². The molecule has 7 heteroatoms. The molecule has 16 heavy (non-hydrogen) atoms. The van der Waals surface area contributed by atoms with Crippen molar-refractivity contribution in [1.29, 1.82) is 0 Å². The third kappa shape index (κ3) is 2.26. The quantitative estimate of drug-likeness (QED) is 0.685. The summed E-state index contributed by atoms with van der Waals surface area (Å²) in [6.45, 7) is 1.66. The Kier molecular flexibility index (Phi) is 2.64. The summed E-state index contributed by atoms with van der Waals surface area (Å²) in [7, 11) is -7.22. The molecule has 5 nitrogen and oxygen atoms in total. The lowest BCUT2D eigenvalue weighted by atomic mass is 10.5. The predicted octanol–water partition coefficient (Wildman–Crippen LogP) is 0.666. The molecule has 0 bridgehead atoms. The van der Waals surface area contributed by atoms with E-state index < -0.39 is 30.1 Å². The first-order valence-electron chi connectivity index (χ1n) is 5.27. The normalized spacial score (nSPS) is 26.4. The molecule has 1 atom stereocenters. The van der Waals surface area contributed by atoms with Crippen LogP contribution < -0.4 is 0 Å². The predicted molar refractivity (Wildman–Crippen MR) is 59.0 cm³/mol. The first-order chi connectivity index (χ1) is 7.16. The molecule has 0 aliphatic heterocycles. The average molecular weight is 268 g/mol. The van der Waals surface area contributed by atoms with Gasteiger partial charge in [-0.2, -0.15) is 8.42 Å². The zero-order valence-electron chi connectivity index (χ0n) is 9.34. The molecule has 1 unspecified atom stereocenters. The second kappa shape index (κ2) is 3.43. The Morgan fingerprint density at radius 1 is 1.19 bits per heavy atom. The minimum absolute atomic E-state index is 0.142. The van der Waals surface area contributed by atoms with E-state index >= 15 is 0 Å². The monoisotopic (exact) mass is 268 g/mol. The molecule has 94 valence electrons. The van der Waals surface area contributed by atoms with Gasteiger partial charge in [-0.05, 0) is 32.6 Å². The highest BCUT2D eigenvalue weighted by Crippen LogP contribution is 2.49. The van der Waals surface area contributed by atoms with Crippen LogP contribution in [0.4, 0.5) is 0 Å². The van der Waals surface area contributed by atoms with Gasteiger partial charge in [0.25, 0.3) is 10.1 Å². The van der Waals surface area contributed by atoms with Crippen molar-refractivity contribution in [2.24, 2.45) is 5.92 Å². The molecule has 0 saturated heterocycles. The topological polar surface area (TPSA) is 77.5 Å². The maximum Gasteiger partial charge on any atom is 0.265 e. The van der Waals surface area contributed by atoms with Crippen LogP contribution in [0.5, 0.6) is 0 Å². The largest absolute Gasteiger partial charge is 0.265 e. The van der Waals surface area contributed by atoms with E-state index in [-0.39, 0.29) is 5.92 Å². The Morgan fingerprint density at radius 2 is 1.69 bits per heavy atom. The highest BCUT2D eigenvalue weighted by molar-refractivity contribution is 7.94. The summed E-state index contributed by atoms with van der Waals surface area (Å²) in [5, 5.41) is 0. The zero-order chi connectivity index (χ0) is 12.2. The molecule has 2 aliphatic rings. The highest BCUT2D eigenvalue weighted by Gasteiger charge is 2.57. The van der Waals surface area contributed by atoms with Gasteiger partial charge < -0.3 is 0 Å². The van der Waals surface area contributed by atoms with E-state index in [0.717, 1.165) is 19.1 Å². The van der Waals surface area contributed by atoms with Crippen molar-refractivity contribution in [2.45, 2.75) is 42.8 Å². The van der Waals surface area contributed by atoms with Crippen LogP contribution in [0.3, 0.4) is 0 Å². The van der Waals surface area contributed by atoms with Gasteiger partial charge >= 0.3 is 0 Å². The molecule has 0 aromatic carbocycles. The second-order valence-electron chi connectivity index (χ2n) is 5.00. The van der Waals surface area contributed by atoms with E-state index in [2.05, 4.69) is 0 Å². The van der Waals surface area contributed by atoms with Crippen molar-refractivity contribution < 1.29 is 21.0 Å². The Balaban J connectivity index is 2.26. The molecule has 0 aromatic rings. The number of sulfone groups is 1. The van der Waals surface area contributed by atoms with E-state index in [1.165, 1.54) is 0 Å². The van der Waals surface area contributed by atoms with Gasteiger partial charge in [0.05, 0.1) is 11.0 Å². The van der Waals surface area contributed by atoms with Crippen molar-refractivity contribution in [3.8, 4) is 0 Å². The molecule has 2 fully saturated rings. The fourth-order valence-corrected chi connectivity index (χ4v) is 5.02. The minimum atomic E-state index is -3.72. The summed E-state index contributed by atoms with van der Waals surface area (Å²) in [4.78, 5) is 0. The summed E-state index contributed by atoms with van der Waals surface area (Å²) in [6.07, 6.45) is 3.56. The fourth-order valence-electron chi connectivity index (χ4n) is 1.67. The van der Waals surface area contributed by atoms with E-state index in [1.807, 2.05) is 0 Å². The van der Waals surface area contributed by atoms with Crippen molar-refractivity contribution in [1.82, 2.24) is 0 Å². The van der Waals surface area contributed by atoms with Crippen LogP contribution in [0.1, 0.15) is 32.6 Å². The smallest absolute Gasteiger partial charge is 0.250 e. The Labute approximate surface area is 96.2 Å². The summed E-state index contributed by atoms with van der Waals surface area (Å²) < 4.78 is 50.5. The maximum atomic E-state index is 12.2. The number of hydrogen-bond acceptors (Lipinski definition) is 5. The molecule has 0 heterocycles. The molecule has 0 amide bonds. The first kappa shape index (κ1) is 12.3. The van der Waals surface area contributed by atoms with Crippen LogP contribution in [0.15, 0.2) is 0 Å². The van der Waals surface area contributed by atoms with Crippen molar-refractivity contribution in [3.05, 3.63) is 0 Å². The van der Waals surface area contributed by atoms with Crippen LogP contribution in [0.25, 0.3) is 0 Å². The van der Waals surface area contributed by atoms with Crippen LogP contribution in [-0.2, 0) is 24.1 Å². The van der Waals surface area contributed by atoms with Crippen LogP contribution in [-0.4, -0.2) is 33.3 Å². The minimum Gasteiger partial charge on any atom is -0.250 e. The molecular formula is C9H16O5S2. The summed E-state index contributed by atoms with van der Waals surface area (Å²) in [5.74, 6) is -0.142. The van der Waals surface area contributed by atoms with Crippen molar-refractivity contribution in [2.75, 3.05) is 6.26 Å². The molecular weight excluding hydrogens is 252 g/mol. The first-order valence-corrected chi connectivity index (χ1v) is 8.64. The third-order valence-corrected chi connectivity index (χ3v) is 6.78. The van der Waals surface area contributed by atoms with Crippen molar-refractivity contribution >= 4 is 20.0 Å². The highest BCUT2D eigenvalue weighted by atomic mass is 32.2. The number of hydrogen-bond donors (Lipinski definition) is 0. The van der Waals surface area contributed by atoms with Gasteiger partial charge in [-0.15, -0.1) is 0 Å². The Bertz CT molecular complexity index is 482. The number of rotatable bonds is 5. The summed E-state index contributed by atoms with van der Waals surface area (Å²) in [5.41, 5.74) is -1.16. The SMILES string of the molecule is CC1(S(=O)(=O)C(OS(C)(=O)=O)C2CC2)CC1. The van der Waals surface area contributed by atoms with Gasteiger partial charge in [0.2, 0.25) is 0 Å². The molecule has 0 aromatic heterocycles. The standard InChI is InChI=1S/C9H16O5S2/c1-9(5-6-9)16(12,13)8(7-3-4-7)14-15(2,10)11/h7-8H,3-6H2,1-2H3. The van der Waals surface area contributed by atoms with Crippen LogP contribution in [0.2, 0.25) is 0 Å². The maximum absolute atomic E-state index is 12.2. The lowest BCUT2D eigenvalue weighted by Gasteiger charge is -2.20. The molecule has 0 N–H and O–H groups in total. The van der Waals surface area contributed by atoms with Gasteiger partial charge in [0.1, 0.15) is 0 Å². The lowest BCUT2D eigenvalue weighted by Crippen LogP contribution is -2.36. The van der Waals surface area contributed by atoms with Gasteiger partial charge in [0, 0.05) is 5.92 Å². The lowest BCUT2D eigenvalue weighted by molar-refractivity contribution is 0.257. The van der Waals surface area contributed by atoms with Crippen molar-refractivity contribution in [3.63, 3.8) is 0 Å². The molecule has 2 aliphatic carbocycles. The average Bonchev–Trinajstić information content (AvgIpc) is 2.91. The van der Waals surface area contributed by atoms with Gasteiger partial charge in [-0.25, -0.2) is 8.42 Å². The van der Waals surface area contributed by atoms with Crippen LogP contribution in [0, 0.1) is 5.92 Å². The van der Waals surface area contributed by atoms with Crippen LogP contribution >= 0.6 is 0 Å². The summed E-state index contributed by atoms with van der Waals surface area (Å²) in [6, 6.07) is 0. The molecule has 0 radical (unpaired) electrons. The van der Waals surface area contributed by atoms with Gasteiger partial charge in [0.15, 0.2) is 15.3 Å². The molecule has 2 rings (SSSR count). The fraction of sp³-hybridized carbons (Fsp3) is 1.00. The Hall–Kier alpha value is -0.140. The van der Waals surface area contributed by atoms with Gasteiger partial charge in [-0.1, -0.05) is 0 Å². The van der Waals surface area contributed by atoms with E-state index in [4.69, 9.17) is 4.18 Å². The Morgan fingerprint density at radius 3 is 2.00 bits per heavy atom. The van der Waals surface area contributed by atoms with E-state index in [1.54, 1.807) is 6.92 Å².